The molecule has 0 radical (unpaired) electrons. The number of aliphatic carboxylic acids is 9. The molecule has 21 N–H and O–H groups in total. The molecular formula is C67H112O50P8S8. The van der Waals surface area contributed by atoms with E-state index >= 15 is 0 Å². The minimum absolute atomic E-state index is 0.0172. The summed E-state index contributed by atoms with van der Waals surface area (Å²) in [6, 6.07) is 9.25. The third kappa shape index (κ3) is 228. The van der Waals surface area contributed by atoms with Crippen LogP contribution in [-0.2, 0) is 240 Å². The summed E-state index contributed by atoms with van der Waals surface area (Å²) >= 11 is 37.4. The number of benzene rings is 1. The van der Waals surface area contributed by atoms with Gasteiger partial charge in [-0.1, -0.05) is 118 Å². The number of unbranched alkanes of at least 4 members (excludes halogenated alkanes) is 7. The molecule has 1 aromatic carbocycles. The summed E-state index contributed by atoms with van der Waals surface area (Å²) in [5.41, 5.74) is 0.899. The fourth-order valence-corrected chi connectivity index (χ4v) is 21.0. The predicted octanol–water partition coefficient (Wildman–Crippen LogP) is 4.07. The first kappa shape index (κ1) is 166. The van der Waals surface area contributed by atoms with Gasteiger partial charge in [0.05, 0.1) is 43.3 Å². The van der Waals surface area contributed by atoms with Crippen molar-refractivity contribution in [3.63, 3.8) is 0 Å². The molecule has 1 aromatic rings. The van der Waals surface area contributed by atoms with Gasteiger partial charge in [-0.2, -0.15) is 95.9 Å². The average Bonchev–Trinajstić information content (AvgIpc) is 0.876. The molecule has 0 amide bonds. The minimum atomic E-state index is -3.09. The van der Waals surface area contributed by atoms with E-state index in [1.807, 2.05) is 44.2 Å². The van der Waals surface area contributed by atoms with Gasteiger partial charge in [-0.15, -0.1) is 0 Å². The van der Waals surface area contributed by atoms with E-state index in [0.717, 1.165) is 50.3 Å². The molecule has 133 heavy (non-hydrogen) atoms. The van der Waals surface area contributed by atoms with E-state index in [0.29, 0.717) is 101 Å². The van der Waals surface area contributed by atoms with E-state index in [4.69, 9.17) is 223 Å². The Morgan fingerprint density at radius 3 is 0.662 bits per heavy atom. The molecule has 0 aliphatic heterocycles. The number of carboxylic acid groups (broad SMARTS) is 9. The van der Waals surface area contributed by atoms with Gasteiger partial charge in [-0.05, 0) is 180 Å². The van der Waals surface area contributed by atoms with Gasteiger partial charge >= 0.3 is 115 Å². The first-order valence-electron chi connectivity index (χ1n) is 36.4. The Morgan fingerprint density at radius 2 is 0.466 bits per heavy atom. The molecule has 6 atom stereocenters. The van der Waals surface area contributed by atoms with Crippen LogP contribution in [0.1, 0.15) is 181 Å². The Balaban J connectivity index is -0.0000000752. The number of hydrogen-bond acceptors (Lipinski definition) is 37. The molecule has 0 aliphatic rings. The Bertz CT molecular complexity index is 3840. The maximum Gasteiger partial charge on any atom is 0.373 e. The lowest BCUT2D eigenvalue weighted by Gasteiger charge is -2.20. The summed E-state index contributed by atoms with van der Waals surface area (Å²) in [6.45, 7) is -4.01. The van der Waals surface area contributed by atoms with Crippen molar-refractivity contribution < 1.29 is 244 Å². The number of hydrogen-bond donors (Lipinski definition) is 21. The number of carboxylic acids is 9. The van der Waals surface area contributed by atoms with Crippen LogP contribution in [0.3, 0.4) is 0 Å². The summed E-state index contributed by atoms with van der Waals surface area (Å²) in [5.74, 6) is -10.2. The molecule has 0 aliphatic carbocycles. The molecule has 0 saturated heterocycles. The Labute approximate surface area is 802 Å². The molecule has 50 nitrogen and oxygen atoms in total. The van der Waals surface area contributed by atoms with E-state index in [1.54, 1.807) is 6.92 Å². The Kier molecular flexibility index (Phi) is 146. The van der Waals surface area contributed by atoms with Gasteiger partial charge in [0.25, 0.3) is 0 Å². The van der Waals surface area contributed by atoms with Crippen molar-refractivity contribution in [3.8, 4) is 0 Å². The smallest absolute Gasteiger partial charge is 0.373 e. The Morgan fingerprint density at radius 1 is 0.256 bits per heavy atom. The second-order valence-corrected chi connectivity index (χ2v) is 56.5. The van der Waals surface area contributed by atoms with E-state index in [9.17, 15) is 67.8 Å². The van der Waals surface area contributed by atoms with Crippen molar-refractivity contribution in [3.05, 3.63) is 35.9 Å². The molecule has 66 heteroatoms. The fraction of sp³-hybridized carbons (Fsp3) is 0.627. The second-order valence-electron chi connectivity index (χ2n) is 23.9. The van der Waals surface area contributed by atoms with Gasteiger partial charge in [0.2, 0.25) is 0 Å². The SMILES string of the molecule is CCCCCP(O)(O)=S.CCCP(O)(=S)CCCCC(=O)O.CCCP(O)(O)=S.CCP(O)(O)=S.O=C(O)CCCCP(O)(=S)CC(CCC(=O)O)C(=O)O.O=C(O)CCCCP(O)(=S)CC(Cc1ccccc1)C(=O)O.O=C(O)CCCCP(O)(=S)CCC(=O)O.O=C(O)CCCCP(O)(O)=S.O=C=O.O=C=O.O=C=O.O=C=O.O=C=O.O=C=O.O=C=O.O=C=O.O=C=O.O=C=O. The quantitative estimate of drug-likeness (QED) is 0.0323. The first-order chi connectivity index (χ1) is 61.0. The van der Waals surface area contributed by atoms with Crippen molar-refractivity contribution in [2.45, 2.75) is 182 Å². The number of rotatable bonds is 48. The summed E-state index contributed by atoms with van der Waals surface area (Å²) in [5, 5.41) is 77.2. The van der Waals surface area contributed by atoms with E-state index in [1.165, 1.54) is 0 Å². The maximum absolute atomic E-state index is 11.4. The molecule has 6 unspecified atom stereocenters. The molecular weight excluding hydrogens is 2110 g/mol. The number of carbonyl (C=O) groups excluding carboxylic acids is 20. The zero-order valence-corrected chi connectivity index (χ0v) is 85.3. The molecule has 0 fully saturated rings. The van der Waals surface area contributed by atoms with Gasteiger partial charge in [0, 0.05) is 81.7 Å². The van der Waals surface area contributed by atoms with Crippen LogP contribution in [0.4, 0.5) is 0 Å². The monoisotopic (exact) mass is 2220 g/mol. The largest absolute Gasteiger partial charge is 0.481 e. The second kappa shape index (κ2) is 117. The number of carbonyl (C=O) groups is 9. The van der Waals surface area contributed by atoms with Gasteiger partial charge in [-0.3, -0.25) is 43.2 Å². The van der Waals surface area contributed by atoms with Crippen molar-refractivity contribution in [1.82, 2.24) is 0 Å². The normalized spacial score (nSPS) is 11.4. The van der Waals surface area contributed by atoms with Crippen LogP contribution in [0.2, 0.25) is 0 Å². The Hall–Kier alpha value is -7.03. The zero-order valence-electron chi connectivity index (χ0n) is 71.6. The van der Waals surface area contributed by atoms with Crippen LogP contribution in [-0.4, -0.2) is 294 Å². The highest BCUT2D eigenvalue weighted by atomic mass is 32.5. The van der Waals surface area contributed by atoms with Crippen molar-refractivity contribution in [1.29, 1.82) is 0 Å². The van der Waals surface area contributed by atoms with Crippen LogP contribution in [0.25, 0.3) is 0 Å². The molecule has 768 valence electrons. The molecule has 0 bridgehead atoms. The van der Waals surface area contributed by atoms with Crippen molar-refractivity contribution in [2.24, 2.45) is 11.8 Å². The molecule has 0 aromatic heterocycles. The van der Waals surface area contributed by atoms with Gasteiger partial charge in [-0.25, -0.2) is 0 Å². The third-order valence-electron chi connectivity index (χ3n) is 12.7. The lowest BCUT2D eigenvalue weighted by molar-refractivity contribution is -0.193. The summed E-state index contributed by atoms with van der Waals surface area (Å²) in [4.78, 5) is 365. The van der Waals surface area contributed by atoms with Crippen LogP contribution < -0.4 is 0 Å². The molecule has 0 spiro atoms. The fourth-order valence-electron chi connectivity index (χ4n) is 7.43. The average molecular weight is 2220 g/mol. The maximum atomic E-state index is 11.4. The predicted molar refractivity (Wildman–Crippen MR) is 484 cm³/mol. The summed E-state index contributed by atoms with van der Waals surface area (Å²) in [7, 11) is 0. The molecule has 0 saturated carbocycles. The van der Waals surface area contributed by atoms with Crippen LogP contribution in [0.15, 0.2) is 30.3 Å². The van der Waals surface area contributed by atoms with Gasteiger partial charge in [0.1, 0.15) is 0 Å². The standard InChI is InChI=1S/C15H21O5PS.C11H19O7PS.C8H15O5PS.C8H17O3PS.C5H11O4PS.C5H13O2PS.C3H9O2PS.C2H7O2PS.10CO2/c16-14(17)8-4-5-9-21(20,22)11-13(15(18)19)10-12-6-2-1-3-7-12;12-9(13)3-1-2-6-19(18,20)7-8(11(16)17)4-5-10(14)15;9-7(10)3-1-2-5-14(13,15)6-4-8(11)12;1-2-6-12(11,13)7-4-3-5-8(9)10;6-5(7)3-1-2-4-10(8,9)11;1-2-3-4-5-8(6,7)9;1-2-3-6(4,5)7;1-2-5(3,4)6;10*2-1-3/h1-3,6-7,13H,4-5,8-11H2,(H,16,17)(H,18,19)(H,20,22);8H,1-7H2,(H,12,13)(H,14,15)(H,16,17)(H,18,20);1-6H2,(H,9,10)(H,11,12)(H,13,15);2-7H2,1H3,(H,9,10)(H,11,13);1-4H2,(H,6,7)(H2,8,9,11);2-5H2,1H3,(H2,6,7,9);2-3H2,1H3,(H2,4,5,7);2H2,1H3,(H2,3,4,6);;;;;;;;;;. The molecule has 1 rings (SSSR count). The van der Waals surface area contributed by atoms with Crippen LogP contribution in [0, 0.1) is 11.8 Å². The summed E-state index contributed by atoms with van der Waals surface area (Å²) in [6.07, 6.45) is 5.74. The van der Waals surface area contributed by atoms with Crippen LogP contribution in [0.5, 0.6) is 0 Å². The van der Waals surface area contributed by atoms with E-state index < -0.39 is 117 Å². The lowest BCUT2D eigenvalue weighted by atomic mass is 10.0. The zero-order chi connectivity index (χ0) is 109. The van der Waals surface area contributed by atoms with Crippen LogP contribution >= 0.6 is 51.0 Å². The summed E-state index contributed by atoms with van der Waals surface area (Å²) < 4.78 is 0. The van der Waals surface area contributed by atoms with Gasteiger partial charge in [0.15, 0.2) is 26.0 Å². The minimum Gasteiger partial charge on any atom is -0.481 e. The van der Waals surface area contributed by atoms with Crippen molar-refractivity contribution in [2.75, 3.05) is 73.9 Å². The van der Waals surface area contributed by atoms with Crippen molar-refractivity contribution >= 4 is 261 Å². The lowest BCUT2D eigenvalue weighted by Crippen LogP contribution is -2.21. The van der Waals surface area contributed by atoms with Gasteiger partial charge < -0.3 is 105 Å². The topological polar surface area (TPSA) is 920 Å². The third-order valence-corrected chi connectivity index (χ3v) is 31.1. The van der Waals surface area contributed by atoms with E-state index in [-0.39, 0.29) is 144 Å². The molecule has 0 heterocycles. The highest BCUT2D eigenvalue weighted by Crippen LogP contribution is 2.47. The highest BCUT2D eigenvalue weighted by molar-refractivity contribution is 8.13. The highest BCUT2D eigenvalue weighted by Gasteiger charge is 2.28. The first-order valence-corrected chi connectivity index (χ1v) is 60.4. The van der Waals surface area contributed by atoms with E-state index in [2.05, 4.69) is 54.2 Å².